The second-order valence-corrected chi connectivity index (χ2v) is 6.49. The highest BCUT2D eigenvalue weighted by atomic mass is 15.2. The van der Waals surface area contributed by atoms with Crippen LogP contribution >= 0.6 is 0 Å². The van der Waals surface area contributed by atoms with Crippen LogP contribution in [0.25, 0.3) is 0 Å². The van der Waals surface area contributed by atoms with E-state index in [-0.39, 0.29) is 0 Å². The average molecular weight is 274 g/mol. The molecule has 0 bridgehead atoms. The summed E-state index contributed by atoms with van der Waals surface area (Å²) in [7, 11) is 0. The standard InChI is InChI=1S/C18H30N2/c1-16(2)15-20(18-10-6-7-11-18)13-12-19-14-17-8-4-3-5-9-17/h3-5,8-9,16,18-19H,6-7,10-15H2,1-2H3. The number of hydrogen-bond acceptors (Lipinski definition) is 2. The summed E-state index contributed by atoms with van der Waals surface area (Å²) in [5.41, 5.74) is 1.38. The van der Waals surface area contributed by atoms with Crippen LogP contribution in [0.5, 0.6) is 0 Å². The van der Waals surface area contributed by atoms with Crippen LogP contribution in [0.3, 0.4) is 0 Å². The molecule has 2 nitrogen and oxygen atoms in total. The van der Waals surface area contributed by atoms with Crippen LogP contribution in [0.1, 0.15) is 45.1 Å². The van der Waals surface area contributed by atoms with E-state index in [0.29, 0.717) is 0 Å². The average Bonchev–Trinajstić information content (AvgIpc) is 2.97. The van der Waals surface area contributed by atoms with Crippen molar-refractivity contribution < 1.29 is 0 Å². The molecule has 1 aromatic carbocycles. The molecule has 0 saturated heterocycles. The summed E-state index contributed by atoms with van der Waals surface area (Å²) in [6.45, 7) is 9.19. The van der Waals surface area contributed by atoms with Crippen molar-refractivity contribution in [1.82, 2.24) is 10.2 Å². The summed E-state index contributed by atoms with van der Waals surface area (Å²) < 4.78 is 0. The molecule has 2 rings (SSSR count). The molecule has 2 heteroatoms. The Morgan fingerprint density at radius 3 is 2.50 bits per heavy atom. The molecule has 0 spiro atoms. The van der Waals surface area contributed by atoms with Gasteiger partial charge in [0.15, 0.2) is 0 Å². The fourth-order valence-electron chi connectivity index (χ4n) is 3.21. The summed E-state index contributed by atoms with van der Waals surface area (Å²) in [5.74, 6) is 0.768. The number of nitrogens with one attached hydrogen (secondary N) is 1. The van der Waals surface area contributed by atoms with Crippen LogP contribution in [0.4, 0.5) is 0 Å². The monoisotopic (exact) mass is 274 g/mol. The zero-order valence-electron chi connectivity index (χ0n) is 13.1. The van der Waals surface area contributed by atoms with Gasteiger partial charge in [0.1, 0.15) is 0 Å². The van der Waals surface area contributed by atoms with Crippen molar-refractivity contribution in [2.24, 2.45) is 5.92 Å². The highest BCUT2D eigenvalue weighted by Crippen LogP contribution is 2.23. The minimum absolute atomic E-state index is 0.768. The number of nitrogens with zero attached hydrogens (tertiary/aromatic N) is 1. The lowest BCUT2D eigenvalue weighted by Crippen LogP contribution is -2.40. The molecule has 112 valence electrons. The lowest BCUT2D eigenvalue weighted by atomic mass is 10.1. The minimum Gasteiger partial charge on any atom is -0.311 e. The maximum Gasteiger partial charge on any atom is 0.0206 e. The van der Waals surface area contributed by atoms with E-state index in [4.69, 9.17) is 0 Å². The van der Waals surface area contributed by atoms with E-state index < -0.39 is 0 Å². The molecule has 1 aliphatic carbocycles. The fraction of sp³-hybridized carbons (Fsp3) is 0.667. The van der Waals surface area contributed by atoms with Gasteiger partial charge in [-0.3, -0.25) is 4.90 Å². The van der Waals surface area contributed by atoms with Gasteiger partial charge in [0.05, 0.1) is 0 Å². The van der Waals surface area contributed by atoms with Gasteiger partial charge in [-0.05, 0) is 24.3 Å². The number of benzene rings is 1. The van der Waals surface area contributed by atoms with Gasteiger partial charge >= 0.3 is 0 Å². The zero-order valence-corrected chi connectivity index (χ0v) is 13.1. The highest BCUT2D eigenvalue weighted by Gasteiger charge is 2.22. The van der Waals surface area contributed by atoms with Crippen molar-refractivity contribution >= 4 is 0 Å². The molecule has 0 unspecified atom stereocenters. The molecule has 1 fully saturated rings. The smallest absolute Gasteiger partial charge is 0.0206 e. The SMILES string of the molecule is CC(C)CN(CCNCc1ccccc1)C1CCCC1. The predicted octanol–water partition coefficient (Wildman–Crippen LogP) is 3.68. The minimum atomic E-state index is 0.768. The predicted molar refractivity (Wildman–Crippen MR) is 86.8 cm³/mol. The molecule has 0 amide bonds. The van der Waals surface area contributed by atoms with E-state index in [1.54, 1.807) is 0 Å². The van der Waals surface area contributed by atoms with Crippen molar-refractivity contribution in [2.75, 3.05) is 19.6 Å². The van der Waals surface area contributed by atoms with E-state index in [2.05, 4.69) is 54.4 Å². The summed E-state index contributed by atoms with van der Waals surface area (Å²) in [4.78, 5) is 2.72. The molecule has 0 atom stereocenters. The van der Waals surface area contributed by atoms with Gasteiger partial charge in [0.25, 0.3) is 0 Å². The van der Waals surface area contributed by atoms with Crippen LogP contribution < -0.4 is 5.32 Å². The van der Waals surface area contributed by atoms with E-state index >= 15 is 0 Å². The topological polar surface area (TPSA) is 15.3 Å². The first-order valence-corrected chi connectivity index (χ1v) is 8.24. The Kier molecular flexibility index (Phi) is 6.55. The second-order valence-electron chi connectivity index (χ2n) is 6.49. The van der Waals surface area contributed by atoms with Gasteiger partial charge in [-0.25, -0.2) is 0 Å². The van der Waals surface area contributed by atoms with Gasteiger partial charge in [-0.15, -0.1) is 0 Å². The van der Waals surface area contributed by atoms with Crippen LogP contribution in [0.2, 0.25) is 0 Å². The lowest BCUT2D eigenvalue weighted by Gasteiger charge is -2.30. The third kappa shape index (κ3) is 5.26. The van der Waals surface area contributed by atoms with Crippen LogP contribution in [-0.4, -0.2) is 30.6 Å². The third-order valence-corrected chi connectivity index (χ3v) is 4.19. The fourth-order valence-corrected chi connectivity index (χ4v) is 3.21. The zero-order chi connectivity index (χ0) is 14.2. The Morgan fingerprint density at radius 1 is 1.15 bits per heavy atom. The van der Waals surface area contributed by atoms with Gasteiger partial charge in [0.2, 0.25) is 0 Å². The van der Waals surface area contributed by atoms with Crippen molar-refractivity contribution in [3.8, 4) is 0 Å². The first kappa shape index (κ1) is 15.5. The summed E-state index contributed by atoms with van der Waals surface area (Å²) >= 11 is 0. The summed E-state index contributed by atoms with van der Waals surface area (Å²) in [6.07, 6.45) is 5.67. The maximum absolute atomic E-state index is 3.59. The van der Waals surface area contributed by atoms with Gasteiger partial charge in [-0.2, -0.15) is 0 Å². The largest absolute Gasteiger partial charge is 0.311 e. The molecular weight excluding hydrogens is 244 g/mol. The molecule has 0 radical (unpaired) electrons. The maximum atomic E-state index is 3.59. The molecule has 20 heavy (non-hydrogen) atoms. The summed E-state index contributed by atoms with van der Waals surface area (Å²) in [6, 6.07) is 11.5. The first-order valence-electron chi connectivity index (χ1n) is 8.24. The van der Waals surface area contributed by atoms with Crippen molar-refractivity contribution in [3.63, 3.8) is 0 Å². The molecule has 0 heterocycles. The first-order chi connectivity index (χ1) is 9.75. The number of rotatable bonds is 8. The highest BCUT2D eigenvalue weighted by molar-refractivity contribution is 5.14. The molecule has 0 aliphatic heterocycles. The Morgan fingerprint density at radius 2 is 1.85 bits per heavy atom. The molecular formula is C18H30N2. The van der Waals surface area contributed by atoms with Crippen molar-refractivity contribution in [2.45, 2.75) is 52.1 Å². The Labute approximate surface area is 124 Å². The van der Waals surface area contributed by atoms with Crippen LogP contribution in [0, 0.1) is 5.92 Å². The quantitative estimate of drug-likeness (QED) is 0.728. The van der Waals surface area contributed by atoms with E-state index in [1.165, 1.54) is 44.3 Å². The van der Waals surface area contributed by atoms with Crippen molar-refractivity contribution in [1.29, 1.82) is 0 Å². The number of hydrogen-bond donors (Lipinski definition) is 1. The molecule has 1 aliphatic rings. The normalized spacial score (nSPS) is 16.4. The molecule has 1 N–H and O–H groups in total. The van der Waals surface area contributed by atoms with Gasteiger partial charge in [-0.1, -0.05) is 57.0 Å². The lowest BCUT2D eigenvalue weighted by molar-refractivity contribution is 0.177. The van der Waals surface area contributed by atoms with Crippen LogP contribution in [-0.2, 0) is 6.54 Å². The van der Waals surface area contributed by atoms with E-state index in [1.807, 2.05) is 0 Å². The summed E-state index contributed by atoms with van der Waals surface area (Å²) in [5, 5.41) is 3.59. The Bertz CT molecular complexity index is 355. The molecule has 1 aromatic rings. The van der Waals surface area contributed by atoms with Crippen LogP contribution in [0.15, 0.2) is 30.3 Å². The Balaban J connectivity index is 1.71. The third-order valence-electron chi connectivity index (χ3n) is 4.19. The van der Waals surface area contributed by atoms with E-state index in [9.17, 15) is 0 Å². The van der Waals surface area contributed by atoms with Gasteiger partial charge in [0, 0.05) is 32.2 Å². The Hall–Kier alpha value is -0.860. The van der Waals surface area contributed by atoms with E-state index in [0.717, 1.165) is 25.0 Å². The van der Waals surface area contributed by atoms with Gasteiger partial charge < -0.3 is 5.32 Å². The van der Waals surface area contributed by atoms with Crippen molar-refractivity contribution in [3.05, 3.63) is 35.9 Å². The molecule has 1 saturated carbocycles. The second kappa shape index (κ2) is 8.43. The molecule has 0 aromatic heterocycles.